The lowest BCUT2D eigenvalue weighted by atomic mass is 9.73. The van der Waals surface area contributed by atoms with Crippen LogP contribution in [0.25, 0.3) is 0 Å². The van der Waals surface area contributed by atoms with E-state index in [0.717, 1.165) is 6.26 Å². The van der Waals surface area contributed by atoms with Gasteiger partial charge in [0.15, 0.2) is 5.69 Å². The Labute approximate surface area is 127 Å². The van der Waals surface area contributed by atoms with Crippen molar-refractivity contribution in [3.8, 4) is 0 Å². The topological polar surface area (TPSA) is 96.1 Å². The zero-order valence-electron chi connectivity index (χ0n) is 12.8. The number of carbonyl (C=O) groups is 2. The van der Waals surface area contributed by atoms with Crippen molar-refractivity contribution in [1.82, 2.24) is 9.88 Å². The first-order valence-electron chi connectivity index (χ1n) is 7.09. The van der Waals surface area contributed by atoms with E-state index in [1.54, 1.807) is 4.90 Å². The van der Waals surface area contributed by atoms with E-state index in [0.29, 0.717) is 32.2 Å². The summed E-state index contributed by atoms with van der Waals surface area (Å²) < 4.78 is 10.5. The van der Waals surface area contributed by atoms with E-state index in [4.69, 9.17) is 14.3 Å². The number of nitrogens with zero attached hydrogens (tertiary/aromatic N) is 3. The van der Waals surface area contributed by atoms with Crippen LogP contribution in [0.1, 0.15) is 31.3 Å². The quantitative estimate of drug-likeness (QED) is 0.882. The van der Waals surface area contributed by atoms with Gasteiger partial charge in [-0.05, 0) is 20.8 Å². The van der Waals surface area contributed by atoms with Crippen LogP contribution in [-0.4, -0.2) is 58.8 Å². The molecule has 2 fully saturated rings. The molecule has 0 radical (unpaired) electrons. The van der Waals surface area contributed by atoms with Crippen LogP contribution in [0.4, 0.5) is 10.8 Å². The number of ether oxygens (including phenoxy) is 1. The molecule has 0 saturated carbocycles. The molecule has 8 nitrogen and oxygen atoms in total. The highest BCUT2D eigenvalue weighted by atomic mass is 16.6. The van der Waals surface area contributed by atoms with Crippen LogP contribution in [0.2, 0.25) is 0 Å². The molecule has 2 saturated heterocycles. The third-order valence-electron chi connectivity index (χ3n) is 3.74. The molecule has 0 aliphatic carbocycles. The van der Waals surface area contributed by atoms with Gasteiger partial charge in [0.1, 0.15) is 11.9 Å². The van der Waals surface area contributed by atoms with Crippen LogP contribution >= 0.6 is 0 Å². The minimum Gasteiger partial charge on any atom is -0.476 e. The number of amides is 1. The maximum absolute atomic E-state index is 11.9. The minimum atomic E-state index is -1.11. The molecule has 3 heterocycles. The molecule has 1 spiro atoms. The number of likely N-dealkylation sites (tertiary alicyclic amines) is 1. The fourth-order valence-electron chi connectivity index (χ4n) is 2.83. The lowest BCUT2D eigenvalue weighted by molar-refractivity contribution is -0.0463. The Morgan fingerprint density at radius 2 is 1.95 bits per heavy atom. The van der Waals surface area contributed by atoms with Crippen molar-refractivity contribution in [3.63, 3.8) is 0 Å². The van der Waals surface area contributed by atoms with E-state index in [-0.39, 0.29) is 17.2 Å². The van der Waals surface area contributed by atoms with Gasteiger partial charge < -0.3 is 24.1 Å². The van der Waals surface area contributed by atoms with Crippen molar-refractivity contribution in [3.05, 3.63) is 12.0 Å². The van der Waals surface area contributed by atoms with Gasteiger partial charge in [-0.25, -0.2) is 9.59 Å². The lowest BCUT2D eigenvalue weighted by Crippen LogP contribution is -2.73. The van der Waals surface area contributed by atoms with Gasteiger partial charge in [0.25, 0.3) is 6.01 Å². The normalized spacial score (nSPS) is 19.6. The molecule has 8 heteroatoms. The number of aromatic nitrogens is 1. The molecular formula is C14H19N3O5. The van der Waals surface area contributed by atoms with Crippen LogP contribution in [0.3, 0.4) is 0 Å². The highest BCUT2D eigenvalue weighted by molar-refractivity contribution is 5.85. The van der Waals surface area contributed by atoms with E-state index in [1.165, 1.54) is 0 Å². The third kappa shape index (κ3) is 2.60. The van der Waals surface area contributed by atoms with Gasteiger partial charge in [-0.1, -0.05) is 0 Å². The van der Waals surface area contributed by atoms with Crippen LogP contribution in [-0.2, 0) is 4.74 Å². The number of carboxylic acid groups (broad SMARTS) is 1. The summed E-state index contributed by atoms with van der Waals surface area (Å²) in [5.41, 5.74) is -0.536. The third-order valence-corrected chi connectivity index (χ3v) is 3.74. The first kappa shape index (κ1) is 14.7. The van der Waals surface area contributed by atoms with Crippen molar-refractivity contribution in [1.29, 1.82) is 0 Å². The number of hydrogen-bond acceptors (Lipinski definition) is 6. The van der Waals surface area contributed by atoms with E-state index < -0.39 is 11.6 Å². The van der Waals surface area contributed by atoms with Gasteiger partial charge in [0.05, 0.1) is 0 Å². The van der Waals surface area contributed by atoms with Crippen molar-refractivity contribution >= 4 is 18.1 Å². The Bertz CT molecular complexity index is 604. The van der Waals surface area contributed by atoms with Crippen molar-refractivity contribution < 1.29 is 23.8 Å². The molecule has 0 atom stereocenters. The first-order chi connectivity index (χ1) is 10.2. The van der Waals surface area contributed by atoms with E-state index in [2.05, 4.69) is 4.98 Å². The predicted octanol–water partition coefficient (Wildman–Crippen LogP) is 1.43. The average molecular weight is 309 g/mol. The number of aromatic carboxylic acids is 1. The maximum Gasteiger partial charge on any atom is 0.410 e. The second-order valence-corrected chi connectivity index (χ2v) is 7.01. The Morgan fingerprint density at radius 1 is 1.32 bits per heavy atom. The summed E-state index contributed by atoms with van der Waals surface area (Å²) in [5.74, 6) is -1.11. The van der Waals surface area contributed by atoms with Crippen molar-refractivity contribution in [2.75, 3.05) is 31.1 Å². The summed E-state index contributed by atoms with van der Waals surface area (Å²) >= 11 is 0. The molecule has 2 aliphatic heterocycles. The van der Waals surface area contributed by atoms with Gasteiger partial charge in [0.2, 0.25) is 0 Å². The summed E-state index contributed by atoms with van der Waals surface area (Å²) in [5, 5.41) is 8.82. The van der Waals surface area contributed by atoms with Crippen LogP contribution in [0, 0.1) is 5.41 Å². The molecule has 1 N–H and O–H groups in total. The molecule has 2 aliphatic rings. The van der Waals surface area contributed by atoms with Gasteiger partial charge in [-0.15, -0.1) is 0 Å². The molecule has 3 rings (SSSR count). The molecule has 1 aromatic rings. The van der Waals surface area contributed by atoms with E-state index in [1.807, 2.05) is 25.7 Å². The molecule has 1 aromatic heterocycles. The zero-order valence-corrected chi connectivity index (χ0v) is 12.8. The summed E-state index contributed by atoms with van der Waals surface area (Å²) in [6.07, 6.45) is 0.844. The van der Waals surface area contributed by atoms with Crippen LogP contribution in [0.15, 0.2) is 10.7 Å². The number of hydrogen-bond donors (Lipinski definition) is 1. The zero-order chi connectivity index (χ0) is 16.1. The van der Waals surface area contributed by atoms with Gasteiger partial charge in [-0.3, -0.25) is 0 Å². The number of rotatable bonds is 2. The molecule has 22 heavy (non-hydrogen) atoms. The Morgan fingerprint density at radius 3 is 2.45 bits per heavy atom. The Kier molecular flexibility index (Phi) is 3.08. The molecule has 0 bridgehead atoms. The number of carbonyl (C=O) groups excluding carboxylic acids is 1. The SMILES string of the molecule is CC(C)(C)OC(=O)N1CC2(C1)CN(c1nc(C(=O)O)co1)C2. The standard InChI is InChI=1S/C14H19N3O5/c1-13(2,3)22-12(20)17-7-14(8-17)5-16(6-14)11-15-9(4-21-11)10(18)19/h4H,5-8H2,1-3H3,(H,18,19). The Hall–Kier alpha value is -2.25. The maximum atomic E-state index is 11.9. The molecule has 0 aromatic carbocycles. The molecule has 0 unspecified atom stereocenters. The minimum absolute atomic E-state index is 0.0504. The smallest absolute Gasteiger partial charge is 0.410 e. The highest BCUT2D eigenvalue weighted by Crippen LogP contribution is 2.42. The number of anilines is 1. The molecular weight excluding hydrogens is 290 g/mol. The largest absolute Gasteiger partial charge is 0.476 e. The van der Waals surface area contributed by atoms with Gasteiger partial charge >= 0.3 is 12.1 Å². The second kappa shape index (κ2) is 4.62. The van der Waals surface area contributed by atoms with Crippen LogP contribution in [0.5, 0.6) is 0 Å². The summed E-state index contributed by atoms with van der Waals surface area (Å²) in [6, 6.07) is 0.318. The molecule has 1 amide bonds. The fourth-order valence-corrected chi connectivity index (χ4v) is 2.83. The van der Waals surface area contributed by atoms with Crippen LogP contribution < -0.4 is 4.90 Å². The van der Waals surface area contributed by atoms with Crippen molar-refractivity contribution in [2.45, 2.75) is 26.4 Å². The average Bonchev–Trinajstić information content (AvgIpc) is 2.71. The summed E-state index contributed by atoms with van der Waals surface area (Å²) in [7, 11) is 0. The Balaban J connectivity index is 1.50. The van der Waals surface area contributed by atoms with Gasteiger partial charge in [0, 0.05) is 31.6 Å². The monoisotopic (exact) mass is 309 g/mol. The van der Waals surface area contributed by atoms with E-state index in [9.17, 15) is 9.59 Å². The van der Waals surface area contributed by atoms with Crippen molar-refractivity contribution in [2.24, 2.45) is 5.41 Å². The first-order valence-corrected chi connectivity index (χ1v) is 7.09. The second-order valence-electron chi connectivity index (χ2n) is 7.01. The lowest BCUT2D eigenvalue weighted by Gasteiger charge is -2.59. The summed E-state index contributed by atoms with van der Waals surface area (Å²) in [4.78, 5) is 30.1. The number of oxazole rings is 1. The number of carboxylic acids is 1. The van der Waals surface area contributed by atoms with E-state index >= 15 is 0 Å². The fraction of sp³-hybridized carbons (Fsp3) is 0.643. The van der Waals surface area contributed by atoms with Gasteiger partial charge in [-0.2, -0.15) is 4.98 Å². The summed E-state index contributed by atoms with van der Waals surface area (Å²) in [6.45, 7) is 8.21. The highest BCUT2D eigenvalue weighted by Gasteiger charge is 2.55. The molecule has 120 valence electrons. The predicted molar refractivity (Wildman–Crippen MR) is 75.9 cm³/mol.